The van der Waals surface area contributed by atoms with Gasteiger partial charge < -0.3 is 25.5 Å². The number of likely N-dealkylation sites (N-methyl/N-ethyl adjacent to an activating group) is 1. The average molecular weight is 391 g/mol. The number of aliphatic hydroxyl groups excluding tert-OH is 1. The molecule has 1 atom stereocenters. The number of aliphatic hydroxyl groups is 1. The van der Waals surface area contributed by atoms with Crippen molar-refractivity contribution in [2.45, 2.75) is 39.7 Å². The van der Waals surface area contributed by atoms with E-state index < -0.39 is 0 Å². The predicted molar refractivity (Wildman–Crippen MR) is 117 cm³/mol. The minimum absolute atomic E-state index is 0.242. The smallest absolute Gasteiger partial charge is 0.191 e. The Morgan fingerprint density at radius 3 is 2.68 bits per heavy atom. The van der Waals surface area contributed by atoms with Crippen LogP contribution in [-0.4, -0.2) is 73.9 Å². The molecule has 2 rings (SSSR count). The molecule has 1 saturated heterocycles. The van der Waals surface area contributed by atoms with Gasteiger partial charge in [-0.15, -0.1) is 0 Å². The molecule has 1 aromatic rings. The van der Waals surface area contributed by atoms with Gasteiger partial charge >= 0.3 is 0 Å². The molecule has 3 N–H and O–H groups in total. The first-order chi connectivity index (χ1) is 13.7. The number of anilines is 1. The Labute approximate surface area is 170 Å². The zero-order chi connectivity index (χ0) is 20.2. The number of aliphatic imine (C=N–C) groups is 1. The minimum atomic E-state index is 0.242. The highest BCUT2D eigenvalue weighted by Crippen LogP contribution is 2.15. The van der Waals surface area contributed by atoms with Crippen molar-refractivity contribution in [3.63, 3.8) is 0 Å². The van der Waals surface area contributed by atoms with Crippen molar-refractivity contribution in [2.75, 3.05) is 57.8 Å². The third-order valence-electron chi connectivity index (χ3n) is 5.19. The van der Waals surface area contributed by atoms with E-state index in [-0.39, 0.29) is 6.61 Å². The highest BCUT2D eigenvalue weighted by Gasteiger charge is 2.15. The molecule has 1 aromatic heterocycles. The molecule has 1 aliphatic rings. The molecule has 28 heavy (non-hydrogen) atoms. The summed E-state index contributed by atoms with van der Waals surface area (Å²) in [5, 5.41) is 16.0. The highest BCUT2D eigenvalue weighted by atomic mass is 16.3. The van der Waals surface area contributed by atoms with Gasteiger partial charge in [-0.05, 0) is 50.4 Å². The van der Waals surface area contributed by atoms with Gasteiger partial charge in [-0.1, -0.05) is 13.3 Å². The first kappa shape index (κ1) is 22.4. The maximum absolute atomic E-state index is 9.25. The van der Waals surface area contributed by atoms with Gasteiger partial charge in [0.2, 0.25) is 0 Å². The molecule has 0 spiro atoms. The fourth-order valence-corrected chi connectivity index (χ4v) is 3.46. The van der Waals surface area contributed by atoms with Crippen molar-refractivity contribution >= 4 is 11.8 Å². The Kier molecular flexibility index (Phi) is 10.1. The van der Waals surface area contributed by atoms with E-state index in [9.17, 15) is 5.11 Å². The van der Waals surface area contributed by atoms with Crippen molar-refractivity contribution in [3.05, 3.63) is 23.9 Å². The zero-order valence-corrected chi connectivity index (χ0v) is 17.8. The van der Waals surface area contributed by atoms with Crippen LogP contribution < -0.4 is 15.5 Å². The molecule has 1 fully saturated rings. The Hall–Kier alpha value is -1.86. The lowest BCUT2D eigenvalue weighted by atomic mass is 10.0. The van der Waals surface area contributed by atoms with Crippen LogP contribution in [-0.2, 0) is 6.54 Å². The topological polar surface area (TPSA) is 76.0 Å². The summed E-state index contributed by atoms with van der Waals surface area (Å²) in [6, 6.07) is 4.20. The number of piperazine rings is 1. The van der Waals surface area contributed by atoms with Crippen LogP contribution in [0.3, 0.4) is 0 Å². The SMILES string of the molecule is CCCC(CCO)CNC(=NCc1ccnc(N2CCN(C)CC2)c1)NCC. The van der Waals surface area contributed by atoms with Gasteiger partial charge in [-0.2, -0.15) is 0 Å². The molecule has 0 amide bonds. The van der Waals surface area contributed by atoms with E-state index in [4.69, 9.17) is 4.99 Å². The molecule has 1 unspecified atom stereocenters. The van der Waals surface area contributed by atoms with Crippen molar-refractivity contribution in [3.8, 4) is 0 Å². The van der Waals surface area contributed by atoms with E-state index >= 15 is 0 Å². The van der Waals surface area contributed by atoms with E-state index in [1.54, 1.807) is 0 Å². The third-order valence-corrected chi connectivity index (χ3v) is 5.19. The second-order valence-electron chi connectivity index (χ2n) is 7.56. The predicted octanol–water partition coefficient (Wildman–Crippen LogP) is 1.69. The van der Waals surface area contributed by atoms with Gasteiger partial charge in [0.25, 0.3) is 0 Å². The van der Waals surface area contributed by atoms with Gasteiger partial charge in [-0.25, -0.2) is 9.98 Å². The number of guanidine groups is 1. The molecule has 0 radical (unpaired) electrons. The van der Waals surface area contributed by atoms with E-state index in [1.807, 2.05) is 12.3 Å². The first-order valence-corrected chi connectivity index (χ1v) is 10.7. The Morgan fingerprint density at radius 1 is 1.21 bits per heavy atom. The van der Waals surface area contributed by atoms with Crippen LogP contribution in [0.5, 0.6) is 0 Å². The second kappa shape index (κ2) is 12.6. The average Bonchev–Trinajstić information content (AvgIpc) is 2.71. The Bertz CT molecular complexity index is 580. The third kappa shape index (κ3) is 7.64. The molecule has 0 saturated carbocycles. The number of nitrogens with one attached hydrogen (secondary N) is 2. The fraction of sp³-hybridized carbons (Fsp3) is 0.714. The molecule has 158 valence electrons. The molecular formula is C21H38N6O. The van der Waals surface area contributed by atoms with Crippen LogP contribution in [0.1, 0.15) is 38.7 Å². The lowest BCUT2D eigenvalue weighted by Gasteiger charge is -2.33. The molecular weight excluding hydrogens is 352 g/mol. The summed E-state index contributed by atoms with van der Waals surface area (Å²) >= 11 is 0. The van der Waals surface area contributed by atoms with Crippen molar-refractivity contribution in [1.82, 2.24) is 20.5 Å². The van der Waals surface area contributed by atoms with E-state index in [1.165, 1.54) is 5.56 Å². The number of hydrogen-bond acceptors (Lipinski definition) is 5. The maximum atomic E-state index is 9.25. The largest absolute Gasteiger partial charge is 0.396 e. The summed E-state index contributed by atoms with van der Waals surface area (Å²) in [5.74, 6) is 2.35. The van der Waals surface area contributed by atoms with Gasteiger partial charge in [0.15, 0.2) is 5.96 Å². The number of rotatable bonds is 10. The van der Waals surface area contributed by atoms with Crippen LogP contribution in [0.25, 0.3) is 0 Å². The lowest BCUT2D eigenvalue weighted by molar-refractivity contribution is 0.251. The summed E-state index contributed by atoms with van der Waals surface area (Å²) in [6.45, 7) is 11.0. The fourth-order valence-electron chi connectivity index (χ4n) is 3.46. The number of nitrogens with zero attached hydrogens (tertiary/aromatic N) is 4. The van der Waals surface area contributed by atoms with Crippen LogP contribution in [0.15, 0.2) is 23.3 Å². The van der Waals surface area contributed by atoms with Crippen LogP contribution in [0.4, 0.5) is 5.82 Å². The number of aromatic nitrogens is 1. The van der Waals surface area contributed by atoms with E-state index in [0.717, 1.165) is 70.3 Å². The van der Waals surface area contributed by atoms with Crippen molar-refractivity contribution < 1.29 is 5.11 Å². The number of hydrogen-bond donors (Lipinski definition) is 3. The van der Waals surface area contributed by atoms with Crippen molar-refractivity contribution in [1.29, 1.82) is 0 Å². The standard InChI is InChI=1S/C21H38N6O/c1-4-6-18(8-14-28)16-24-21(22-5-2)25-17-19-7-9-23-20(15-19)27-12-10-26(3)11-13-27/h7,9,15,18,28H,4-6,8,10-14,16-17H2,1-3H3,(H2,22,24,25). The highest BCUT2D eigenvalue weighted by molar-refractivity contribution is 5.79. The lowest BCUT2D eigenvalue weighted by Crippen LogP contribution is -2.44. The molecule has 0 aromatic carbocycles. The van der Waals surface area contributed by atoms with Crippen LogP contribution >= 0.6 is 0 Å². The number of pyridine rings is 1. The van der Waals surface area contributed by atoms with Crippen molar-refractivity contribution in [2.24, 2.45) is 10.9 Å². The van der Waals surface area contributed by atoms with E-state index in [0.29, 0.717) is 12.5 Å². The molecule has 0 aliphatic carbocycles. The van der Waals surface area contributed by atoms with Crippen LogP contribution in [0, 0.1) is 5.92 Å². The second-order valence-corrected chi connectivity index (χ2v) is 7.56. The van der Waals surface area contributed by atoms with Gasteiger partial charge in [0.05, 0.1) is 6.54 Å². The molecule has 1 aliphatic heterocycles. The summed E-state index contributed by atoms with van der Waals surface area (Å²) in [7, 11) is 2.16. The van der Waals surface area contributed by atoms with Crippen LogP contribution in [0.2, 0.25) is 0 Å². The quantitative estimate of drug-likeness (QED) is 0.417. The minimum Gasteiger partial charge on any atom is -0.396 e. The summed E-state index contributed by atoms with van der Waals surface area (Å²) < 4.78 is 0. The monoisotopic (exact) mass is 390 g/mol. The van der Waals surface area contributed by atoms with E-state index in [2.05, 4.69) is 52.4 Å². The summed E-state index contributed by atoms with van der Waals surface area (Å²) in [4.78, 5) is 14.0. The molecule has 2 heterocycles. The normalized spacial score (nSPS) is 16.9. The summed E-state index contributed by atoms with van der Waals surface area (Å²) in [5.41, 5.74) is 1.17. The molecule has 7 nitrogen and oxygen atoms in total. The van der Waals surface area contributed by atoms with Gasteiger partial charge in [-0.3, -0.25) is 0 Å². The molecule has 0 bridgehead atoms. The maximum Gasteiger partial charge on any atom is 0.191 e. The zero-order valence-electron chi connectivity index (χ0n) is 17.8. The Balaban J connectivity index is 1.95. The summed E-state index contributed by atoms with van der Waals surface area (Å²) in [6.07, 6.45) is 4.97. The van der Waals surface area contributed by atoms with Gasteiger partial charge in [0, 0.05) is 52.1 Å². The molecule has 7 heteroatoms. The first-order valence-electron chi connectivity index (χ1n) is 10.7. The Morgan fingerprint density at radius 2 is 2.00 bits per heavy atom. The van der Waals surface area contributed by atoms with Gasteiger partial charge in [0.1, 0.15) is 5.82 Å².